The molecule has 0 spiro atoms. The Morgan fingerprint density at radius 1 is 1.06 bits per heavy atom. The summed E-state index contributed by atoms with van der Waals surface area (Å²) in [6.07, 6.45) is 0.467. The molecule has 0 aliphatic heterocycles. The molecule has 0 fully saturated rings. The van der Waals surface area contributed by atoms with E-state index in [1.54, 1.807) is 31.4 Å². The second kappa shape index (κ2) is 12.2. The van der Waals surface area contributed by atoms with Crippen LogP contribution in [0.5, 0.6) is 11.5 Å². The Morgan fingerprint density at radius 2 is 1.71 bits per heavy atom. The monoisotopic (exact) mass is 446 g/mol. The van der Waals surface area contributed by atoms with Crippen molar-refractivity contribution >= 4 is 23.4 Å². The molecule has 1 N–H and O–H groups in total. The summed E-state index contributed by atoms with van der Waals surface area (Å²) in [6.45, 7) is 6.46. The molecule has 7 heteroatoms. The van der Waals surface area contributed by atoms with Crippen molar-refractivity contribution in [2.45, 2.75) is 39.8 Å². The molecule has 1 atom stereocenters. The van der Waals surface area contributed by atoms with E-state index in [0.717, 1.165) is 5.56 Å². The summed E-state index contributed by atoms with van der Waals surface area (Å²) >= 11 is 6.33. The summed E-state index contributed by atoms with van der Waals surface area (Å²) in [6, 6.07) is 13.8. The van der Waals surface area contributed by atoms with E-state index in [1.165, 1.54) is 4.90 Å². The number of benzene rings is 2. The highest BCUT2D eigenvalue weighted by molar-refractivity contribution is 6.31. The second-order valence-corrected chi connectivity index (χ2v) is 8.02. The standard InChI is InChI=1S/C24H31ClN2O4/c1-5-20(24(29)26-14-17(2)3)27(15-18-10-6-7-11-19(18)25)23(28)16-31-22-13-9-8-12-21(22)30-4/h6-13,17,20H,5,14-16H2,1-4H3,(H,26,29)/t20-/m1/s1. The molecule has 0 saturated heterocycles. The Morgan fingerprint density at radius 3 is 2.32 bits per heavy atom. The van der Waals surface area contributed by atoms with Crippen LogP contribution in [0.4, 0.5) is 0 Å². The molecule has 0 radical (unpaired) electrons. The number of rotatable bonds is 11. The predicted molar refractivity (Wildman–Crippen MR) is 122 cm³/mol. The SMILES string of the molecule is CC[C@H](C(=O)NCC(C)C)N(Cc1ccccc1Cl)C(=O)COc1ccccc1OC. The Balaban J connectivity index is 2.23. The lowest BCUT2D eigenvalue weighted by Gasteiger charge is -2.31. The lowest BCUT2D eigenvalue weighted by molar-refractivity contribution is -0.143. The van der Waals surface area contributed by atoms with E-state index >= 15 is 0 Å². The van der Waals surface area contributed by atoms with E-state index < -0.39 is 6.04 Å². The van der Waals surface area contributed by atoms with Gasteiger partial charge in [-0.2, -0.15) is 0 Å². The van der Waals surface area contributed by atoms with Crippen LogP contribution < -0.4 is 14.8 Å². The fourth-order valence-electron chi connectivity index (χ4n) is 3.11. The van der Waals surface area contributed by atoms with Crippen molar-refractivity contribution in [3.8, 4) is 11.5 Å². The van der Waals surface area contributed by atoms with Gasteiger partial charge in [0.05, 0.1) is 7.11 Å². The molecule has 0 aromatic heterocycles. The summed E-state index contributed by atoms with van der Waals surface area (Å²) in [4.78, 5) is 27.6. The number of para-hydroxylation sites is 2. The molecule has 31 heavy (non-hydrogen) atoms. The number of hydrogen-bond donors (Lipinski definition) is 1. The van der Waals surface area contributed by atoms with Gasteiger partial charge in [0.1, 0.15) is 6.04 Å². The van der Waals surface area contributed by atoms with Gasteiger partial charge in [-0.25, -0.2) is 0 Å². The van der Waals surface area contributed by atoms with Gasteiger partial charge in [0.15, 0.2) is 18.1 Å². The number of methoxy groups -OCH3 is 1. The van der Waals surface area contributed by atoms with E-state index in [-0.39, 0.29) is 25.0 Å². The molecule has 2 aromatic rings. The van der Waals surface area contributed by atoms with Crippen molar-refractivity contribution in [1.29, 1.82) is 0 Å². The molecule has 0 saturated carbocycles. The van der Waals surface area contributed by atoms with Crippen LogP contribution in [0.15, 0.2) is 48.5 Å². The quantitative estimate of drug-likeness (QED) is 0.558. The first-order valence-electron chi connectivity index (χ1n) is 10.4. The molecule has 0 aliphatic rings. The van der Waals surface area contributed by atoms with Crippen LogP contribution in [0.2, 0.25) is 5.02 Å². The third-order valence-electron chi connectivity index (χ3n) is 4.79. The third kappa shape index (κ3) is 7.17. The van der Waals surface area contributed by atoms with Gasteiger partial charge in [-0.05, 0) is 36.1 Å². The Hall–Kier alpha value is -2.73. The maximum Gasteiger partial charge on any atom is 0.261 e. The fraction of sp³-hybridized carbons (Fsp3) is 0.417. The summed E-state index contributed by atoms with van der Waals surface area (Å²) in [5, 5.41) is 3.48. The molecule has 2 amide bonds. The first kappa shape index (κ1) is 24.5. The molecule has 2 aromatic carbocycles. The van der Waals surface area contributed by atoms with Gasteiger partial charge in [-0.15, -0.1) is 0 Å². The van der Waals surface area contributed by atoms with E-state index in [9.17, 15) is 9.59 Å². The van der Waals surface area contributed by atoms with Gasteiger partial charge in [0.2, 0.25) is 5.91 Å². The first-order chi connectivity index (χ1) is 14.9. The average Bonchev–Trinajstić information content (AvgIpc) is 2.77. The number of carbonyl (C=O) groups is 2. The van der Waals surface area contributed by atoms with Crippen LogP contribution in [0, 0.1) is 5.92 Å². The van der Waals surface area contributed by atoms with Gasteiger partial charge in [0.25, 0.3) is 5.91 Å². The summed E-state index contributed by atoms with van der Waals surface area (Å²) in [5.74, 6) is 0.817. The Kier molecular flexibility index (Phi) is 9.66. The zero-order valence-corrected chi connectivity index (χ0v) is 19.3. The largest absolute Gasteiger partial charge is 0.493 e. The number of nitrogens with zero attached hydrogens (tertiary/aromatic N) is 1. The fourth-order valence-corrected chi connectivity index (χ4v) is 3.31. The van der Waals surface area contributed by atoms with Crippen LogP contribution in [0.3, 0.4) is 0 Å². The molecule has 6 nitrogen and oxygen atoms in total. The highest BCUT2D eigenvalue weighted by Crippen LogP contribution is 2.26. The van der Waals surface area contributed by atoms with E-state index in [1.807, 2.05) is 45.0 Å². The number of carbonyl (C=O) groups excluding carboxylic acids is 2. The number of hydrogen-bond acceptors (Lipinski definition) is 4. The van der Waals surface area contributed by atoms with Gasteiger partial charge < -0.3 is 19.7 Å². The van der Waals surface area contributed by atoms with Crippen molar-refractivity contribution < 1.29 is 19.1 Å². The predicted octanol–water partition coefficient (Wildman–Crippen LogP) is 4.31. The highest BCUT2D eigenvalue weighted by Gasteiger charge is 2.29. The van der Waals surface area contributed by atoms with Gasteiger partial charge in [-0.3, -0.25) is 9.59 Å². The van der Waals surface area contributed by atoms with E-state index in [2.05, 4.69) is 5.32 Å². The maximum atomic E-state index is 13.2. The smallest absolute Gasteiger partial charge is 0.261 e. The molecule has 0 bridgehead atoms. The van der Waals surface area contributed by atoms with Crippen LogP contribution in [0.25, 0.3) is 0 Å². The van der Waals surface area contributed by atoms with Crippen molar-refractivity contribution in [2.75, 3.05) is 20.3 Å². The van der Waals surface area contributed by atoms with E-state index in [0.29, 0.717) is 35.4 Å². The minimum atomic E-state index is -0.635. The maximum absolute atomic E-state index is 13.2. The second-order valence-electron chi connectivity index (χ2n) is 7.62. The van der Waals surface area contributed by atoms with Crippen LogP contribution >= 0.6 is 11.6 Å². The van der Waals surface area contributed by atoms with Crippen molar-refractivity contribution in [2.24, 2.45) is 5.92 Å². The van der Waals surface area contributed by atoms with Gasteiger partial charge in [-0.1, -0.05) is 62.7 Å². The normalized spacial score (nSPS) is 11.7. The summed E-state index contributed by atoms with van der Waals surface area (Å²) in [7, 11) is 1.54. The van der Waals surface area contributed by atoms with Crippen molar-refractivity contribution in [1.82, 2.24) is 10.2 Å². The minimum absolute atomic E-state index is 0.186. The molecule has 0 unspecified atom stereocenters. The van der Waals surface area contributed by atoms with Crippen LogP contribution in [-0.4, -0.2) is 43.0 Å². The first-order valence-corrected chi connectivity index (χ1v) is 10.8. The van der Waals surface area contributed by atoms with Crippen molar-refractivity contribution in [3.05, 3.63) is 59.1 Å². The van der Waals surface area contributed by atoms with Crippen LogP contribution in [0.1, 0.15) is 32.8 Å². The average molecular weight is 447 g/mol. The molecular weight excluding hydrogens is 416 g/mol. The minimum Gasteiger partial charge on any atom is -0.493 e. The molecule has 2 rings (SSSR count). The lowest BCUT2D eigenvalue weighted by Crippen LogP contribution is -2.50. The number of nitrogens with one attached hydrogen (secondary N) is 1. The van der Waals surface area contributed by atoms with E-state index in [4.69, 9.17) is 21.1 Å². The zero-order valence-electron chi connectivity index (χ0n) is 18.6. The third-order valence-corrected chi connectivity index (χ3v) is 5.16. The zero-order chi connectivity index (χ0) is 22.8. The summed E-state index contributed by atoms with van der Waals surface area (Å²) in [5.41, 5.74) is 0.768. The molecule has 0 heterocycles. The van der Waals surface area contributed by atoms with Gasteiger partial charge >= 0.3 is 0 Å². The topological polar surface area (TPSA) is 67.9 Å². The van der Waals surface area contributed by atoms with Crippen LogP contribution in [-0.2, 0) is 16.1 Å². The number of halogens is 1. The molecule has 168 valence electrons. The van der Waals surface area contributed by atoms with Gasteiger partial charge in [0, 0.05) is 18.1 Å². The Labute approximate surface area is 189 Å². The number of ether oxygens (including phenoxy) is 2. The molecular formula is C24H31ClN2O4. The molecule has 0 aliphatic carbocycles. The Bertz CT molecular complexity index is 872. The number of amides is 2. The highest BCUT2D eigenvalue weighted by atomic mass is 35.5. The summed E-state index contributed by atoms with van der Waals surface area (Å²) < 4.78 is 11.0. The lowest BCUT2D eigenvalue weighted by atomic mass is 10.1. The van der Waals surface area contributed by atoms with Crippen molar-refractivity contribution in [3.63, 3.8) is 0 Å².